The van der Waals surface area contributed by atoms with Crippen LogP contribution in [-0.2, 0) is 6.42 Å². The molecule has 0 spiro atoms. The maximum atomic E-state index is 5.58. The number of halogens is 1. The molecule has 3 N–H and O–H groups in total. The van der Waals surface area contributed by atoms with Crippen LogP contribution in [0.15, 0.2) is 45.2 Å². The molecule has 1 heterocycles. The molecule has 0 saturated carbocycles. The first-order valence-corrected chi connectivity index (χ1v) is 8.16. The van der Waals surface area contributed by atoms with Crippen LogP contribution in [0.25, 0.3) is 0 Å². The number of hydrazine groups is 1. The number of rotatable bonds is 6. The fourth-order valence-electron chi connectivity index (χ4n) is 1.46. The molecule has 1 unspecified atom stereocenters. The highest BCUT2D eigenvalue weighted by atomic mass is 79.9. The number of aromatic nitrogens is 1. The zero-order chi connectivity index (χ0) is 12.8. The van der Waals surface area contributed by atoms with E-state index in [9.17, 15) is 0 Å². The van der Waals surface area contributed by atoms with Crippen molar-refractivity contribution in [3.8, 4) is 0 Å². The summed E-state index contributed by atoms with van der Waals surface area (Å²) < 4.78 is 1.10. The van der Waals surface area contributed by atoms with E-state index in [-0.39, 0.29) is 6.04 Å². The van der Waals surface area contributed by atoms with Crippen LogP contribution >= 0.6 is 39.0 Å². The first-order chi connectivity index (χ1) is 8.78. The molecule has 0 fully saturated rings. The van der Waals surface area contributed by atoms with Crippen LogP contribution in [0, 0.1) is 0 Å². The average Bonchev–Trinajstić information content (AvgIpc) is 2.89. The lowest BCUT2D eigenvalue weighted by Gasteiger charge is -2.13. The number of nitrogens with two attached hydrogens (primary N) is 1. The molecule has 2 rings (SSSR count). The van der Waals surface area contributed by atoms with Gasteiger partial charge in [0.15, 0.2) is 0 Å². The summed E-state index contributed by atoms with van der Waals surface area (Å²) in [4.78, 5) is 5.53. The largest absolute Gasteiger partial charge is 0.271 e. The minimum Gasteiger partial charge on any atom is -0.271 e. The van der Waals surface area contributed by atoms with Crippen molar-refractivity contribution in [1.29, 1.82) is 0 Å². The fourth-order valence-corrected chi connectivity index (χ4v) is 3.36. The van der Waals surface area contributed by atoms with E-state index in [1.165, 1.54) is 4.90 Å². The predicted octanol–water partition coefficient (Wildman–Crippen LogP) is 3.07. The topological polar surface area (TPSA) is 50.9 Å². The van der Waals surface area contributed by atoms with Crippen molar-refractivity contribution in [2.75, 3.05) is 5.75 Å². The molecule has 0 radical (unpaired) electrons. The second-order valence-electron chi connectivity index (χ2n) is 3.76. The summed E-state index contributed by atoms with van der Waals surface area (Å²) >= 11 is 6.90. The maximum absolute atomic E-state index is 5.58. The van der Waals surface area contributed by atoms with E-state index in [4.69, 9.17) is 5.84 Å². The van der Waals surface area contributed by atoms with Gasteiger partial charge in [-0.15, -0.1) is 23.1 Å². The number of hydrogen-bond acceptors (Lipinski definition) is 5. The van der Waals surface area contributed by atoms with Gasteiger partial charge in [0.25, 0.3) is 0 Å². The Morgan fingerprint density at radius 3 is 2.78 bits per heavy atom. The smallest absolute Gasteiger partial charge is 0.0941 e. The molecule has 18 heavy (non-hydrogen) atoms. The zero-order valence-electron chi connectivity index (χ0n) is 9.67. The summed E-state index contributed by atoms with van der Waals surface area (Å²) in [6.07, 6.45) is 2.70. The SMILES string of the molecule is NNC(CSc1ccc(Br)cc1)Cc1nccs1. The molecular formula is C12H14BrN3S2. The first-order valence-electron chi connectivity index (χ1n) is 5.51. The van der Waals surface area contributed by atoms with Crippen molar-refractivity contribution < 1.29 is 0 Å². The van der Waals surface area contributed by atoms with Crippen molar-refractivity contribution >= 4 is 39.0 Å². The van der Waals surface area contributed by atoms with Gasteiger partial charge >= 0.3 is 0 Å². The number of benzene rings is 1. The van der Waals surface area contributed by atoms with Gasteiger partial charge in [-0.25, -0.2) is 4.98 Å². The highest BCUT2D eigenvalue weighted by Crippen LogP contribution is 2.22. The number of nitrogens with one attached hydrogen (secondary N) is 1. The summed E-state index contributed by atoms with van der Waals surface area (Å²) in [6, 6.07) is 8.55. The van der Waals surface area contributed by atoms with Gasteiger partial charge in [-0.05, 0) is 24.3 Å². The van der Waals surface area contributed by atoms with Crippen LogP contribution in [0.3, 0.4) is 0 Å². The normalized spacial score (nSPS) is 12.6. The summed E-state index contributed by atoms with van der Waals surface area (Å²) in [5, 5.41) is 3.11. The molecule has 0 amide bonds. The Balaban J connectivity index is 1.85. The van der Waals surface area contributed by atoms with Gasteiger partial charge in [0.2, 0.25) is 0 Å². The molecule has 0 aliphatic carbocycles. The second kappa shape index (κ2) is 7.25. The summed E-state index contributed by atoms with van der Waals surface area (Å²) in [6.45, 7) is 0. The van der Waals surface area contributed by atoms with E-state index in [1.54, 1.807) is 23.1 Å². The monoisotopic (exact) mass is 343 g/mol. The van der Waals surface area contributed by atoms with Gasteiger partial charge in [0.05, 0.1) is 5.01 Å². The quantitative estimate of drug-likeness (QED) is 0.480. The minimum absolute atomic E-state index is 0.241. The summed E-state index contributed by atoms with van der Waals surface area (Å²) in [5.74, 6) is 6.51. The lowest BCUT2D eigenvalue weighted by Crippen LogP contribution is -2.38. The number of nitrogens with zero attached hydrogens (tertiary/aromatic N) is 1. The van der Waals surface area contributed by atoms with Gasteiger partial charge in [0, 0.05) is 39.2 Å². The second-order valence-corrected chi connectivity index (χ2v) is 6.75. The number of hydrogen-bond donors (Lipinski definition) is 2. The van der Waals surface area contributed by atoms with E-state index in [0.717, 1.165) is 21.7 Å². The van der Waals surface area contributed by atoms with Gasteiger partial charge in [-0.1, -0.05) is 15.9 Å². The molecule has 0 aliphatic heterocycles. The molecule has 0 saturated heterocycles. The van der Waals surface area contributed by atoms with E-state index < -0.39 is 0 Å². The maximum Gasteiger partial charge on any atom is 0.0941 e. The van der Waals surface area contributed by atoms with Crippen molar-refractivity contribution in [3.63, 3.8) is 0 Å². The molecular weight excluding hydrogens is 330 g/mol. The van der Waals surface area contributed by atoms with Crippen LogP contribution in [-0.4, -0.2) is 16.8 Å². The summed E-state index contributed by atoms with van der Waals surface area (Å²) in [7, 11) is 0. The van der Waals surface area contributed by atoms with Crippen molar-refractivity contribution in [2.24, 2.45) is 5.84 Å². The van der Waals surface area contributed by atoms with Crippen molar-refractivity contribution in [3.05, 3.63) is 45.3 Å². The molecule has 6 heteroatoms. The molecule has 2 aromatic rings. The van der Waals surface area contributed by atoms with Crippen LogP contribution in [0.5, 0.6) is 0 Å². The van der Waals surface area contributed by atoms with E-state index in [0.29, 0.717) is 0 Å². The molecule has 1 atom stereocenters. The standard InChI is InChI=1S/C12H14BrN3S2/c13-9-1-3-11(4-2-9)18-8-10(16-14)7-12-15-5-6-17-12/h1-6,10,16H,7-8,14H2. The van der Waals surface area contributed by atoms with Gasteiger partial charge < -0.3 is 0 Å². The Labute approximate surface area is 123 Å². The number of thioether (sulfide) groups is 1. The van der Waals surface area contributed by atoms with Crippen LogP contribution in [0.2, 0.25) is 0 Å². The third-order valence-electron chi connectivity index (χ3n) is 2.41. The van der Waals surface area contributed by atoms with E-state index in [1.807, 2.05) is 23.7 Å². The fraction of sp³-hybridized carbons (Fsp3) is 0.250. The Morgan fingerprint density at radius 1 is 1.39 bits per heavy atom. The van der Waals surface area contributed by atoms with Gasteiger partial charge in [-0.2, -0.15) is 0 Å². The lowest BCUT2D eigenvalue weighted by atomic mass is 10.2. The van der Waals surface area contributed by atoms with Crippen molar-refractivity contribution in [2.45, 2.75) is 17.4 Å². The lowest BCUT2D eigenvalue weighted by molar-refractivity contribution is 0.574. The molecule has 1 aromatic carbocycles. The Bertz CT molecular complexity index is 459. The Morgan fingerprint density at radius 2 is 2.17 bits per heavy atom. The molecule has 0 bridgehead atoms. The van der Waals surface area contributed by atoms with E-state index >= 15 is 0 Å². The highest BCUT2D eigenvalue weighted by molar-refractivity contribution is 9.10. The zero-order valence-corrected chi connectivity index (χ0v) is 12.9. The predicted molar refractivity (Wildman–Crippen MR) is 81.8 cm³/mol. The average molecular weight is 344 g/mol. The highest BCUT2D eigenvalue weighted by Gasteiger charge is 2.10. The minimum atomic E-state index is 0.241. The molecule has 1 aromatic heterocycles. The molecule has 0 aliphatic rings. The molecule has 3 nitrogen and oxygen atoms in total. The van der Waals surface area contributed by atoms with Crippen LogP contribution < -0.4 is 11.3 Å². The van der Waals surface area contributed by atoms with E-state index in [2.05, 4.69) is 38.5 Å². The first kappa shape index (κ1) is 14.0. The van der Waals surface area contributed by atoms with Crippen molar-refractivity contribution in [1.82, 2.24) is 10.4 Å². The summed E-state index contributed by atoms with van der Waals surface area (Å²) in [5.41, 5.74) is 2.86. The third kappa shape index (κ3) is 4.37. The third-order valence-corrected chi connectivity index (χ3v) is 4.91. The van der Waals surface area contributed by atoms with Gasteiger partial charge in [-0.3, -0.25) is 11.3 Å². The van der Waals surface area contributed by atoms with Gasteiger partial charge in [0.1, 0.15) is 0 Å². The van der Waals surface area contributed by atoms with Crippen LogP contribution in [0.4, 0.5) is 0 Å². The molecule has 96 valence electrons. The van der Waals surface area contributed by atoms with Crippen LogP contribution in [0.1, 0.15) is 5.01 Å². The Hall–Kier alpha value is -0.400. The number of thiazole rings is 1. The Kier molecular flexibility index (Phi) is 5.65.